The van der Waals surface area contributed by atoms with Crippen LogP contribution in [-0.4, -0.2) is 33.8 Å². The van der Waals surface area contributed by atoms with Crippen LogP contribution in [0.4, 0.5) is 5.69 Å². The van der Waals surface area contributed by atoms with E-state index in [1.165, 1.54) is 18.0 Å². The van der Waals surface area contributed by atoms with E-state index in [-0.39, 0.29) is 23.6 Å². The number of halogens is 1. The van der Waals surface area contributed by atoms with Gasteiger partial charge in [0.2, 0.25) is 11.8 Å². The van der Waals surface area contributed by atoms with E-state index in [1.807, 2.05) is 18.2 Å². The average Bonchev–Trinajstić information content (AvgIpc) is 3.00. The number of amides is 2. The fourth-order valence-electron chi connectivity index (χ4n) is 1.62. The number of rotatable bonds is 6. The number of benzene rings is 1. The molecule has 8 heteroatoms. The molecule has 0 aliphatic heterocycles. The topological polar surface area (TPSA) is 86.9 Å². The van der Waals surface area contributed by atoms with Crippen molar-refractivity contribution in [3.63, 3.8) is 0 Å². The van der Waals surface area contributed by atoms with Crippen molar-refractivity contribution >= 4 is 40.9 Å². The quantitative estimate of drug-likeness (QED) is 0.705. The van der Waals surface area contributed by atoms with E-state index in [9.17, 15) is 9.59 Å². The molecule has 0 aliphatic rings. The summed E-state index contributed by atoms with van der Waals surface area (Å²) in [6, 6.07) is 7.31. The molecule has 116 valence electrons. The summed E-state index contributed by atoms with van der Waals surface area (Å²) in [5.41, 5.74) is 0.553. The second kappa shape index (κ2) is 7.86. The molecule has 0 bridgehead atoms. The second-order valence-corrected chi connectivity index (χ2v) is 6.23. The molecule has 0 unspecified atom stereocenters. The molecule has 0 saturated carbocycles. The number of nitrogens with zero attached hydrogens (tertiary/aromatic N) is 1. The van der Waals surface area contributed by atoms with Gasteiger partial charge in [-0.2, -0.15) is 5.10 Å². The molecule has 2 aromatic rings. The molecule has 0 spiro atoms. The predicted molar refractivity (Wildman–Crippen MR) is 87.0 cm³/mol. The summed E-state index contributed by atoms with van der Waals surface area (Å²) >= 11 is 7.40. The van der Waals surface area contributed by atoms with E-state index in [1.54, 1.807) is 19.2 Å². The monoisotopic (exact) mass is 338 g/mol. The van der Waals surface area contributed by atoms with Gasteiger partial charge in [0, 0.05) is 11.1 Å². The van der Waals surface area contributed by atoms with Crippen molar-refractivity contribution < 1.29 is 9.59 Å². The van der Waals surface area contributed by atoms with E-state index in [2.05, 4.69) is 20.8 Å². The molecule has 6 nitrogen and oxygen atoms in total. The molecule has 1 atom stereocenters. The summed E-state index contributed by atoms with van der Waals surface area (Å²) in [6.07, 6.45) is 3.03. The van der Waals surface area contributed by atoms with Gasteiger partial charge in [-0.3, -0.25) is 14.7 Å². The van der Waals surface area contributed by atoms with Crippen LogP contribution in [0.1, 0.15) is 6.92 Å². The first-order chi connectivity index (χ1) is 10.6. The Kier molecular flexibility index (Phi) is 5.85. The zero-order chi connectivity index (χ0) is 15.9. The Hall–Kier alpha value is -1.99. The normalized spacial score (nSPS) is 11.7. The predicted octanol–water partition coefficient (Wildman–Crippen LogP) is 2.30. The van der Waals surface area contributed by atoms with E-state index >= 15 is 0 Å². The van der Waals surface area contributed by atoms with Gasteiger partial charge in [-0.05, 0) is 19.1 Å². The minimum absolute atomic E-state index is 0.0998. The third-order valence-corrected chi connectivity index (χ3v) is 4.33. The molecular weight excluding hydrogens is 324 g/mol. The van der Waals surface area contributed by atoms with Crippen molar-refractivity contribution in [1.82, 2.24) is 15.5 Å². The number of nitrogens with one attached hydrogen (secondary N) is 3. The van der Waals surface area contributed by atoms with Gasteiger partial charge < -0.3 is 10.6 Å². The van der Waals surface area contributed by atoms with E-state index < -0.39 is 0 Å². The van der Waals surface area contributed by atoms with Gasteiger partial charge in [-0.1, -0.05) is 23.7 Å². The van der Waals surface area contributed by atoms with Crippen molar-refractivity contribution in [3.8, 4) is 0 Å². The average molecular weight is 339 g/mol. The summed E-state index contributed by atoms with van der Waals surface area (Å²) in [5, 5.41) is 11.7. The van der Waals surface area contributed by atoms with Crippen LogP contribution in [-0.2, 0) is 9.59 Å². The molecule has 3 N–H and O–H groups in total. The summed E-state index contributed by atoms with van der Waals surface area (Å²) in [7, 11) is 0. The first-order valence-corrected chi connectivity index (χ1v) is 7.79. The largest absolute Gasteiger partial charge is 0.346 e. The number of aromatic amines is 1. The fourth-order valence-corrected chi connectivity index (χ4v) is 2.80. The van der Waals surface area contributed by atoms with E-state index in [0.717, 1.165) is 4.90 Å². The first kappa shape index (κ1) is 16.4. The smallest absolute Gasteiger partial charge is 0.243 e. The highest BCUT2D eigenvalue weighted by Gasteiger charge is 2.16. The Morgan fingerprint density at radius 3 is 2.86 bits per heavy atom. The molecular formula is C14H15ClN4O2S. The van der Waals surface area contributed by atoms with Crippen LogP contribution in [0.5, 0.6) is 0 Å². The van der Waals surface area contributed by atoms with Crippen molar-refractivity contribution in [2.24, 2.45) is 0 Å². The lowest BCUT2D eigenvalue weighted by Gasteiger charge is -2.12. The lowest BCUT2D eigenvalue weighted by Crippen LogP contribution is -2.37. The molecule has 1 heterocycles. The van der Waals surface area contributed by atoms with Crippen LogP contribution in [0, 0.1) is 0 Å². The highest BCUT2D eigenvalue weighted by Crippen LogP contribution is 2.29. The number of carbonyl (C=O) groups excluding carboxylic acids is 2. The number of hydrogen-bond acceptors (Lipinski definition) is 4. The number of H-pyrrole nitrogens is 1. The van der Waals surface area contributed by atoms with Gasteiger partial charge >= 0.3 is 0 Å². The first-order valence-electron chi connectivity index (χ1n) is 6.54. The number of aromatic nitrogens is 2. The molecule has 2 amide bonds. The molecule has 2 rings (SSSR count). The number of hydrogen-bond donors (Lipinski definition) is 3. The number of carbonyl (C=O) groups is 2. The van der Waals surface area contributed by atoms with Crippen molar-refractivity contribution in [2.45, 2.75) is 17.1 Å². The lowest BCUT2D eigenvalue weighted by atomic mass is 10.4. The number of anilines is 1. The zero-order valence-corrected chi connectivity index (χ0v) is 13.4. The maximum Gasteiger partial charge on any atom is 0.243 e. The SMILES string of the molecule is C[C@H](Sc1ccccc1Cl)C(=O)NCC(=O)Nc1cn[nH]c1. The highest BCUT2D eigenvalue weighted by atomic mass is 35.5. The van der Waals surface area contributed by atoms with Crippen LogP contribution in [0.3, 0.4) is 0 Å². The molecule has 0 aliphatic carbocycles. The van der Waals surface area contributed by atoms with Gasteiger partial charge in [0.25, 0.3) is 0 Å². The van der Waals surface area contributed by atoms with Crippen molar-refractivity contribution in [3.05, 3.63) is 41.7 Å². The fraction of sp³-hybridized carbons (Fsp3) is 0.214. The second-order valence-electron chi connectivity index (χ2n) is 4.44. The van der Waals surface area contributed by atoms with Gasteiger partial charge in [0.15, 0.2) is 0 Å². The molecule has 0 saturated heterocycles. The minimum Gasteiger partial charge on any atom is -0.346 e. The van der Waals surface area contributed by atoms with Gasteiger partial charge in [-0.15, -0.1) is 11.8 Å². The molecule has 0 fully saturated rings. The van der Waals surface area contributed by atoms with E-state index in [4.69, 9.17) is 11.6 Å². The molecule has 1 aromatic heterocycles. The zero-order valence-electron chi connectivity index (χ0n) is 11.8. The Balaban J connectivity index is 1.79. The van der Waals surface area contributed by atoms with Crippen LogP contribution >= 0.6 is 23.4 Å². The number of thioether (sulfide) groups is 1. The van der Waals surface area contributed by atoms with Crippen molar-refractivity contribution in [2.75, 3.05) is 11.9 Å². The maximum atomic E-state index is 12.0. The van der Waals surface area contributed by atoms with Crippen molar-refractivity contribution in [1.29, 1.82) is 0 Å². The van der Waals surface area contributed by atoms with Crippen LogP contribution in [0.15, 0.2) is 41.6 Å². The third-order valence-electron chi connectivity index (χ3n) is 2.71. The Morgan fingerprint density at radius 1 is 1.41 bits per heavy atom. The third kappa shape index (κ3) is 4.78. The van der Waals surface area contributed by atoms with Crippen LogP contribution in [0.2, 0.25) is 5.02 Å². The summed E-state index contributed by atoms with van der Waals surface area (Å²) < 4.78 is 0. The molecule has 22 heavy (non-hydrogen) atoms. The highest BCUT2D eigenvalue weighted by molar-refractivity contribution is 8.00. The maximum absolute atomic E-state index is 12.0. The standard InChI is InChI=1S/C14H15ClN4O2S/c1-9(22-12-5-3-2-4-11(12)15)14(21)16-8-13(20)19-10-6-17-18-7-10/h2-7,9H,8H2,1H3,(H,16,21)(H,17,18)(H,19,20)/t9-/m0/s1. The Labute approximate surface area is 137 Å². The molecule has 1 aromatic carbocycles. The summed E-state index contributed by atoms with van der Waals surface area (Å²) in [4.78, 5) is 24.5. The van der Waals surface area contributed by atoms with Gasteiger partial charge in [0.05, 0.1) is 28.7 Å². The Bertz CT molecular complexity index is 648. The molecule has 0 radical (unpaired) electrons. The minimum atomic E-state index is -0.360. The van der Waals surface area contributed by atoms with Gasteiger partial charge in [-0.25, -0.2) is 0 Å². The summed E-state index contributed by atoms with van der Waals surface area (Å²) in [5.74, 6) is -0.544. The van der Waals surface area contributed by atoms with E-state index in [0.29, 0.717) is 10.7 Å². The Morgan fingerprint density at radius 2 is 2.18 bits per heavy atom. The van der Waals surface area contributed by atoms with Crippen LogP contribution < -0.4 is 10.6 Å². The van der Waals surface area contributed by atoms with Gasteiger partial charge in [0.1, 0.15) is 0 Å². The lowest BCUT2D eigenvalue weighted by molar-refractivity contribution is -0.123. The van der Waals surface area contributed by atoms with Crippen LogP contribution in [0.25, 0.3) is 0 Å². The summed E-state index contributed by atoms with van der Waals surface area (Å²) in [6.45, 7) is 1.66.